The molecule has 8 nitrogen and oxygen atoms in total. The van der Waals surface area contributed by atoms with E-state index in [2.05, 4.69) is 74.3 Å². The van der Waals surface area contributed by atoms with Crippen LogP contribution in [-0.2, 0) is 13.9 Å². The molecule has 6 rings (SSSR count). The highest BCUT2D eigenvalue weighted by atomic mass is 32.1. The monoisotopic (exact) mass is 614 g/mol. The zero-order valence-corrected chi connectivity index (χ0v) is 26.3. The van der Waals surface area contributed by atoms with Gasteiger partial charge >= 0.3 is 11.2 Å². The molecule has 0 spiro atoms. The molecule has 3 heterocycles. The first-order valence-corrected chi connectivity index (χ1v) is 16.6. The van der Waals surface area contributed by atoms with Crippen molar-refractivity contribution in [1.29, 1.82) is 0 Å². The molecule has 3 aromatic carbocycles. The van der Waals surface area contributed by atoms with Crippen molar-refractivity contribution in [3.63, 3.8) is 0 Å². The third kappa shape index (κ3) is 5.51. The third-order valence-corrected chi connectivity index (χ3v) is 13.1. The number of rotatable bonds is 7. The van der Waals surface area contributed by atoms with Gasteiger partial charge in [0.2, 0.25) is 0 Å². The van der Waals surface area contributed by atoms with Gasteiger partial charge in [-0.2, -0.15) is 4.98 Å². The Labute approximate surface area is 257 Å². The minimum Gasteiger partial charge on any atom is -0.452 e. The largest absolute Gasteiger partial charge is 0.452 e. The van der Waals surface area contributed by atoms with Crippen LogP contribution in [0, 0.1) is 6.92 Å². The van der Waals surface area contributed by atoms with E-state index in [1.54, 1.807) is 29.8 Å². The van der Waals surface area contributed by atoms with E-state index >= 15 is 0 Å². The van der Waals surface area contributed by atoms with E-state index in [1.807, 2.05) is 30.3 Å². The van der Waals surface area contributed by atoms with Crippen LogP contribution in [0.5, 0.6) is 11.8 Å². The molecule has 0 aliphatic carbocycles. The zero-order chi connectivity index (χ0) is 30.2. The molecule has 2 aliphatic rings. The lowest BCUT2D eigenvalue weighted by atomic mass is 10.1. The van der Waals surface area contributed by atoms with Gasteiger partial charge in [0.1, 0.15) is 11.9 Å². The van der Waals surface area contributed by atoms with Gasteiger partial charge in [0.05, 0.1) is 6.61 Å². The van der Waals surface area contributed by atoms with E-state index in [4.69, 9.17) is 35.6 Å². The van der Waals surface area contributed by atoms with Gasteiger partial charge in [0.15, 0.2) is 18.4 Å². The molecule has 0 bridgehead atoms. The molecular formula is C33H34N2O6SSi. The van der Waals surface area contributed by atoms with Crippen molar-refractivity contribution in [1.82, 2.24) is 9.55 Å². The number of thiocarbonyl (C=S) groups is 1. The minimum absolute atomic E-state index is 0.0610. The van der Waals surface area contributed by atoms with Crippen molar-refractivity contribution >= 4 is 36.1 Å². The molecule has 4 aromatic rings. The number of hydrogen-bond donors (Lipinski definition) is 0. The van der Waals surface area contributed by atoms with E-state index in [9.17, 15) is 4.79 Å². The molecule has 0 saturated carbocycles. The Morgan fingerprint density at radius 3 is 2.12 bits per heavy atom. The fourth-order valence-corrected chi connectivity index (χ4v) is 10.7. The highest BCUT2D eigenvalue weighted by Crippen LogP contribution is 2.42. The summed E-state index contributed by atoms with van der Waals surface area (Å²) >= 11 is 5.52. The van der Waals surface area contributed by atoms with Gasteiger partial charge in [0, 0.05) is 24.0 Å². The second kappa shape index (κ2) is 11.7. The summed E-state index contributed by atoms with van der Waals surface area (Å²) < 4.78 is 33.8. The smallest absolute Gasteiger partial charge is 0.358 e. The van der Waals surface area contributed by atoms with Gasteiger partial charge in [-0.05, 0) is 34.5 Å². The molecule has 0 radical (unpaired) electrons. The number of ether oxygens (including phenoxy) is 4. The molecule has 10 heteroatoms. The Balaban J connectivity index is 1.35. The van der Waals surface area contributed by atoms with Crippen molar-refractivity contribution in [2.75, 3.05) is 6.61 Å². The Bertz CT molecular complexity index is 1610. The normalized spacial score (nSPS) is 21.0. The van der Waals surface area contributed by atoms with Crippen LogP contribution in [0.4, 0.5) is 0 Å². The van der Waals surface area contributed by atoms with E-state index in [0.29, 0.717) is 11.3 Å². The molecular weight excluding hydrogens is 581 g/mol. The van der Waals surface area contributed by atoms with Crippen LogP contribution in [0.15, 0.2) is 102 Å². The maximum absolute atomic E-state index is 12.3. The molecule has 1 saturated heterocycles. The van der Waals surface area contributed by atoms with Crippen molar-refractivity contribution < 1.29 is 23.4 Å². The van der Waals surface area contributed by atoms with Crippen molar-refractivity contribution in [3.05, 3.63) is 113 Å². The van der Waals surface area contributed by atoms with Gasteiger partial charge in [0.25, 0.3) is 13.9 Å². The first-order valence-electron chi connectivity index (χ1n) is 14.3. The Morgan fingerprint density at radius 2 is 1.53 bits per heavy atom. The maximum atomic E-state index is 12.3. The molecule has 222 valence electrons. The second-order valence-electron chi connectivity index (χ2n) is 11.8. The SMILES string of the molecule is Cc1cn2c(nc1=O)OC1C(OC(=S)Oc3ccccc3)[C@@H](CO[Si](c3ccccc3)(c3ccccc3)C(C)(C)C)OC12. The number of nitrogens with zero attached hydrogens (tertiary/aromatic N) is 2. The van der Waals surface area contributed by atoms with Crippen molar-refractivity contribution in [3.8, 4) is 11.8 Å². The number of para-hydroxylation sites is 1. The number of fused-ring (bicyclic) bond motifs is 3. The van der Waals surface area contributed by atoms with Gasteiger partial charge in [-0.15, -0.1) is 0 Å². The number of hydrogen-bond acceptors (Lipinski definition) is 8. The lowest BCUT2D eigenvalue weighted by Gasteiger charge is -2.43. The Morgan fingerprint density at radius 1 is 0.953 bits per heavy atom. The predicted octanol–water partition coefficient (Wildman–Crippen LogP) is 4.54. The fourth-order valence-electron chi connectivity index (χ4n) is 5.97. The second-order valence-corrected chi connectivity index (χ2v) is 16.4. The molecule has 2 aliphatic heterocycles. The molecule has 43 heavy (non-hydrogen) atoms. The zero-order valence-electron chi connectivity index (χ0n) is 24.5. The Hall–Kier alpha value is -3.83. The molecule has 4 atom stereocenters. The summed E-state index contributed by atoms with van der Waals surface area (Å²) in [6.07, 6.45) is -0.771. The summed E-state index contributed by atoms with van der Waals surface area (Å²) in [6, 6.07) is 30.2. The number of aryl methyl sites for hydroxylation is 1. The maximum Gasteiger partial charge on any atom is 0.358 e. The fraction of sp³-hybridized carbons (Fsp3) is 0.303. The quantitative estimate of drug-likeness (QED) is 0.222. The Kier molecular flexibility index (Phi) is 7.95. The summed E-state index contributed by atoms with van der Waals surface area (Å²) in [6.45, 7) is 8.61. The summed E-state index contributed by atoms with van der Waals surface area (Å²) in [5.41, 5.74) is 0.141. The molecule has 3 unspecified atom stereocenters. The van der Waals surface area contributed by atoms with Crippen LogP contribution in [-0.4, -0.2) is 48.0 Å². The van der Waals surface area contributed by atoms with Crippen LogP contribution >= 0.6 is 12.2 Å². The van der Waals surface area contributed by atoms with E-state index in [1.165, 1.54) is 0 Å². The summed E-state index contributed by atoms with van der Waals surface area (Å²) in [5.74, 6) is 0.557. The van der Waals surface area contributed by atoms with E-state index in [0.717, 1.165) is 10.4 Å². The molecule has 1 aromatic heterocycles. The van der Waals surface area contributed by atoms with Crippen molar-refractivity contribution in [2.45, 2.75) is 57.3 Å². The first-order chi connectivity index (χ1) is 20.7. The highest BCUT2D eigenvalue weighted by Gasteiger charge is 2.56. The highest BCUT2D eigenvalue weighted by molar-refractivity contribution is 7.79. The van der Waals surface area contributed by atoms with E-state index in [-0.39, 0.29) is 28.5 Å². The summed E-state index contributed by atoms with van der Waals surface area (Å²) in [4.78, 5) is 16.4. The lowest BCUT2D eigenvalue weighted by Crippen LogP contribution is -2.67. The van der Waals surface area contributed by atoms with Gasteiger partial charge < -0.3 is 23.4 Å². The average Bonchev–Trinajstić information content (AvgIpc) is 3.50. The van der Waals surface area contributed by atoms with Crippen LogP contribution in [0.3, 0.4) is 0 Å². The van der Waals surface area contributed by atoms with Crippen LogP contribution in [0.25, 0.3) is 0 Å². The third-order valence-electron chi connectivity index (χ3n) is 7.95. The summed E-state index contributed by atoms with van der Waals surface area (Å²) in [5, 5.41) is 2.03. The standard InChI is InChI=1S/C33H34N2O6SSi/c1-22-20-35-30-28(40-31(35)34-29(22)36)27(41-32(42)38-23-14-8-5-9-15-23)26(39-30)21-37-43(33(2,3)4,24-16-10-6-11-17-24)25-18-12-7-13-19-25/h5-20,26-28,30H,21H2,1-4H3/t26-,27?,28?,30?/m1/s1. The molecule has 0 N–H and O–H groups in total. The van der Waals surface area contributed by atoms with Gasteiger partial charge in [-0.1, -0.05) is 99.6 Å². The van der Waals surface area contributed by atoms with Crippen LogP contribution in [0.2, 0.25) is 5.04 Å². The molecule has 1 fully saturated rings. The van der Waals surface area contributed by atoms with Crippen LogP contribution in [0.1, 0.15) is 32.6 Å². The lowest BCUT2D eigenvalue weighted by molar-refractivity contribution is -0.0397. The predicted molar refractivity (Wildman–Crippen MR) is 170 cm³/mol. The van der Waals surface area contributed by atoms with Crippen molar-refractivity contribution in [2.24, 2.45) is 0 Å². The van der Waals surface area contributed by atoms with Gasteiger partial charge in [-0.25, -0.2) is 0 Å². The van der Waals surface area contributed by atoms with E-state index < -0.39 is 32.9 Å². The van der Waals surface area contributed by atoms with Crippen LogP contribution < -0.4 is 25.4 Å². The number of aromatic nitrogens is 2. The number of benzene rings is 3. The topological polar surface area (TPSA) is 81.0 Å². The first kappa shape index (κ1) is 29.2. The average molecular weight is 615 g/mol. The minimum atomic E-state index is -2.87. The summed E-state index contributed by atoms with van der Waals surface area (Å²) in [7, 11) is -2.87. The van der Waals surface area contributed by atoms with Gasteiger partial charge in [-0.3, -0.25) is 9.36 Å². The molecule has 0 amide bonds.